The van der Waals surface area contributed by atoms with E-state index in [2.05, 4.69) is 10.3 Å². The van der Waals surface area contributed by atoms with Gasteiger partial charge in [-0.1, -0.05) is 0 Å². The fraction of sp³-hybridized carbons (Fsp3) is 0.800. The number of aliphatic carboxylic acids is 1. The van der Waals surface area contributed by atoms with Gasteiger partial charge in [0.25, 0.3) is 0 Å². The summed E-state index contributed by atoms with van der Waals surface area (Å²) >= 11 is 0. The molecule has 0 spiro atoms. The van der Waals surface area contributed by atoms with Crippen molar-refractivity contribution in [3.8, 4) is 0 Å². The Morgan fingerprint density at radius 3 is 2.16 bits per heavy atom. The number of hydrogen-bond acceptors (Lipinski definition) is 7. The first-order chi connectivity index (χ1) is 8.99. The van der Waals surface area contributed by atoms with E-state index in [1.807, 2.05) is 0 Å². The fourth-order valence-electron chi connectivity index (χ4n) is 1.32. The van der Waals surface area contributed by atoms with Crippen LogP contribution in [-0.4, -0.2) is 53.7 Å². The van der Waals surface area contributed by atoms with Crippen molar-refractivity contribution in [2.45, 2.75) is 25.3 Å². The summed E-state index contributed by atoms with van der Waals surface area (Å²) in [4.78, 5) is 25.9. The van der Waals surface area contributed by atoms with Crippen LogP contribution < -0.4 is 5.48 Å². The van der Waals surface area contributed by atoms with Gasteiger partial charge < -0.3 is 23.2 Å². The van der Waals surface area contributed by atoms with E-state index in [-0.39, 0.29) is 12.8 Å². The summed E-state index contributed by atoms with van der Waals surface area (Å²) in [6, 6.07) is 0.580. The largest absolute Gasteiger partial charge is 0.500 e. The van der Waals surface area contributed by atoms with Gasteiger partial charge in [-0.15, -0.1) is 0 Å². The molecule has 0 radical (unpaired) electrons. The Kier molecular flexibility index (Phi) is 9.34. The van der Waals surface area contributed by atoms with Gasteiger partial charge in [0.1, 0.15) is 0 Å². The molecule has 8 nitrogen and oxygen atoms in total. The van der Waals surface area contributed by atoms with Crippen molar-refractivity contribution in [1.82, 2.24) is 5.48 Å². The summed E-state index contributed by atoms with van der Waals surface area (Å²) < 4.78 is 15.7. The lowest BCUT2D eigenvalue weighted by atomic mass is 10.3. The molecule has 9 heteroatoms. The molecular weight excluding hydrogens is 274 g/mol. The van der Waals surface area contributed by atoms with Gasteiger partial charge in [0, 0.05) is 33.9 Å². The van der Waals surface area contributed by atoms with E-state index >= 15 is 0 Å². The van der Waals surface area contributed by atoms with E-state index in [0.717, 1.165) is 0 Å². The molecule has 112 valence electrons. The van der Waals surface area contributed by atoms with E-state index in [1.54, 1.807) is 0 Å². The second kappa shape index (κ2) is 9.87. The third-order valence-electron chi connectivity index (χ3n) is 2.42. The number of carbonyl (C=O) groups is 2. The monoisotopic (exact) mass is 295 g/mol. The number of carbonyl (C=O) groups excluding carboxylic acids is 1. The quantitative estimate of drug-likeness (QED) is 0.316. The predicted molar refractivity (Wildman–Crippen MR) is 67.2 cm³/mol. The van der Waals surface area contributed by atoms with E-state index in [0.29, 0.717) is 19.0 Å². The van der Waals surface area contributed by atoms with Gasteiger partial charge in [0.05, 0.1) is 12.8 Å². The average molecular weight is 295 g/mol. The first kappa shape index (κ1) is 18.0. The summed E-state index contributed by atoms with van der Waals surface area (Å²) in [7, 11) is 2.00. The highest BCUT2D eigenvalue weighted by atomic mass is 28.4. The van der Waals surface area contributed by atoms with Crippen LogP contribution in [0.2, 0.25) is 6.04 Å². The standard InChI is InChI=1S/C10H21NO7Si/c1-15-19(16-2,17-3)8-4-7-11-18-10(14)6-5-9(12)13/h11H,4-8H2,1-3H3,(H,12,13). The Hall–Kier alpha value is -1.00. The number of nitrogens with one attached hydrogen (secondary N) is 1. The normalized spacial score (nSPS) is 11.3. The van der Waals surface area contributed by atoms with Gasteiger partial charge in [-0.3, -0.25) is 9.59 Å². The van der Waals surface area contributed by atoms with Crippen LogP contribution in [0, 0.1) is 0 Å². The number of carboxylic acid groups (broad SMARTS) is 1. The number of rotatable bonds is 11. The molecule has 0 aliphatic heterocycles. The van der Waals surface area contributed by atoms with Crippen molar-refractivity contribution in [1.29, 1.82) is 0 Å². The molecule has 0 rings (SSSR count). The SMILES string of the molecule is CO[Si](CCCNOC(=O)CCC(=O)O)(OC)OC. The van der Waals surface area contributed by atoms with Crippen LogP contribution in [0.15, 0.2) is 0 Å². The van der Waals surface area contributed by atoms with Crippen LogP contribution in [-0.2, 0) is 27.7 Å². The van der Waals surface area contributed by atoms with Crippen LogP contribution in [0.1, 0.15) is 19.3 Å². The first-order valence-electron chi connectivity index (χ1n) is 5.79. The molecule has 0 saturated carbocycles. The van der Waals surface area contributed by atoms with Gasteiger partial charge >= 0.3 is 20.7 Å². The lowest BCUT2D eigenvalue weighted by Crippen LogP contribution is -2.43. The number of carboxylic acids is 1. The van der Waals surface area contributed by atoms with Crippen molar-refractivity contribution in [2.75, 3.05) is 27.9 Å². The van der Waals surface area contributed by atoms with Crippen molar-refractivity contribution in [3.05, 3.63) is 0 Å². The Labute approximate surface area is 113 Å². The Morgan fingerprint density at radius 1 is 1.11 bits per heavy atom. The molecule has 0 aromatic rings. The maximum atomic E-state index is 11.1. The van der Waals surface area contributed by atoms with Crippen LogP contribution in [0.5, 0.6) is 0 Å². The van der Waals surface area contributed by atoms with Crippen molar-refractivity contribution < 1.29 is 32.8 Å². The van der Waals surface area contributed by atoms with Gasteiger partial charge in [-0.2, -0.15) is 5.48 Å². The molecule has 0 amide bonds. The molecular formula is C10H21NO7Si. The topological polar surface area (TPSA) is 103 Å². The van der Waals surface area contributed by atoms with Gasteiger partial charge in [-0.05, 0) is 6.42 Å². The molecule has 19 heavy (non-hydrogen) atoms. The van der Waals surface area contributed by atoms with Crippen LogP contribution in [0.3, 0.4) is 0 Å². The highest BCUT2D eigenvalue weighted by Crippen LogP contribution is 2.14. The third kappa shape index (κ3) is 7.90. The smallest absolute Gasteiger partial charge is 0.481 e. The zero-order valence-corrected chi connectivity index (χ0v) is 12.4. The highest BCUT2D eigenvalue weighted by molar-refractivity contribution is 6.60. The summed E-state index contributed by atoms with van der Waals surface area (Å²) in [6.45, 7) is 0.406. The fourth-order valence-corrected chi connectivity index (χ4v) is 3.05. The maximum absolute atomic E-state index is 11.1. The zero-order valence-electron chi connectivity index (χ0n) is 11.4. The highest BCUT2D eigenvalue weighted by Gasteiger charge is 2.36. The second-order valence-corrected chi connectivity index (χ2v) is 6.75. The third-order valence-corrected chi connectivity index (χ3v) is 5.26. The maximum Gasteiger partial charge on any atom is 0.500 e. The molecule has 0 heterocycles. The first-order valence-corrected chi connectivity index (χ1v) is 7.72. The van der Waals surface area contributed by atoms with Crippen LogP contribution >= 0.6 is 0 Å². The predicted octanol–water partition coefficient (Wildman–Crippen LogP) is 0.167. The molecule has 0 fully saturated rings. The lowest BCUT2D eigenvalue weighted by molar-refractivity contribution is -0.153. The summed E-state index contributed by atoms with van der Waals surface area (Å²) in [5, 5.41) is 8.38. The number of hydrogen-bond donors (Lipinski definition) is 2. The average Bonchev–Trinajstić information content (AvgIpc) is 2.41. The molecule has 0 aliphatic carbocycles. The van der Waals surface area contributed by atoms with Crippen molar-refractivity contribution >= 4 is 20.7 Å². The molecule has 0 aliphatic rings. The Morgan fingerprint density at radius 2 is 1.68 bits per heavy atom. The van der Waals surface area contributed by atoms with E-state index < -0.39 is 20.7 Å². The van der Waals surface area contributed by atoms with Gasteiger partial charge in [0.15, 0.2) is 0 Å². The molecule has 0 aromatic carbocycles. The molecule has 0 unspecified atom stereocenters. The number of hydroxylamine groups is 1. The van der Waals surface area contributed by atoms with E-state index in [1.165, 1.54) is 21.3 Å². The Balaban J connectivity index is 3.69. The lowest BCUT2D eigenvalue weighted by Gasteiger charge is -2.24. The van der Waals surface area contributed by atoms with Gasteiger partial charge in [-0.25, -0.2) is 0 Å². The summed E-state index contributed by atoms with van der Waals surface area (Å²) in [5.74, 6) is -1.64. The summed E-state index contributed by atoms with van der Waals surface area (Å²) in [6.07, 6.45) is 0.233. The van der Waals surface area contributed by atoms with Crippen LogP contribution in [0.4, 0.5) is 0 Å². The minimum atomic E-state index is -2.58. The molecule has 0 aromatic heterocycles. The van der Waals surface area contributed by atoms with Crippen molar-refractivity contribution in [3.63, 3.8) is 0 Å². The van der Waals surface area contributed by atoms with E-state index in [9.17, 15) is 9.59 Å². The van der Waals surface area contributed by atoms with Gasteiger partial charge in [0.2, 0.25) is 0 Å². The van der Waals surface area contributed by atoms with E-state index in [4.69, 9.17) is 18.4 Å². The second-order valence-electron chi connectivity index (χ2n) is 3.66. The molecule has 2 N–H and O–H groups in total. The zero-order chi connectivity index (χ0) is 14.7. The Bertz CT molecular complexity index is 275. The minimum Gasteiger partial charge on any atom is -0.481 e. The summed E-state index contributed by atoms with van der Waals surface area (Å²) in [5.41, 5.74) is 2.47. The minimum absolute atomic E-state index is 0.158. The molecule has 0 saturated heterocycles. The molecule has 0 bridgehead atoms. The van der Waals surface area contributed by atoms with Crippen molar-refractivity contribution in [2.24, 2.45) is 0 Å². The van der Waals surface area contributed by atoms with Crippen LogP contribution in [0.25, 0.3) is 0 Å². The molecule has 0 atom stereocenters.